The molecule has 1 aliphatic heterocycles. The summed E-state index contributed by atoms with van der Waals surface area (Å²) in [5.41, 5.74) is 2.65. The third-order valence-electron chi connectivity index (χ3n) is 13.0. The highest BCUT2D eigenvalue weighted by molar-refractivity contribution is 5.95. The highest BCUT2D eigenvalue weighted by Crippen LogP contribution is 2.80. The van der Waals surface area contributed by atoms with Gasteiger partial charge in [-0.2, -0.15) is 0 Å². The number of ether oxygens (including phenoxy) is 5. The van der Waals surface area contributed by atoms with E-state index in [2.05, 4.69) is 11.8 Å². The van der Waals surface area contributed by atoms with E-state index in [0.717, 1.165) is 19.3 Å². The maximum Gasteiger partial charge on any atom is 0.340 e. The van der Waals surface area contributed by atoms with Crippen LogP contribution in [0.15, 0.2) is 24.3 Å². The van der Waals surface area contributed by atoms with Gasteiger partial charge in [0.15, 0.2) is 0 Å². The van der Waals surface area contributed by atoms with Crippen LogP contribution in [0.4, 0.5) is 5.69 Å². The van der Waals surface area contributed by atoms with E-state index in [-0.39, 0.29) is 48.6 Å². The third kappa shape index (κ3) is 3.12. The van der Waals surface area contributed by atoms with Gasteiger partial charge in [-0.05, 0) is 43.9 Å². The van der Waals surface area contributed by atoms with Crippen molar-refractivity contribution >= 4 is 11.7 Å². The fraction of sp³-hybridized carbons (Fsp3) is 0.781. The maximum atomic E-state index is 13.4. The summed E-state index contributed by atoms with van der Waals surface area (Å²) in [7, 11) is 6.80. The maximum absolute atomic E-state index is 13.4. The highest BCUT2D eigenvalue weighted by atomic mass is 16.5. The van der Waals surface area contributed by atoms with Gasteiger partial charge in [-0.25, -0.2) is 4.79 Å². The second kappa shape index (κ2) is 9.60. The van der Waals surface area contributed by atoms with Gasteiger partial charge in [0, 0.05) is 75.7 Å². The predicted octanol–water partition coefficient (Wildman–Crippen LogP) is 1.72. The molecule has 42 heavy (non-hydrogen) atoms. The van der Waals surface area contributed by atoms with Crippen molar-refractivity contribution in [2.75, 3.05) is 53.9 Å². The molecule has 1 aromatic rings. The van der Waals surface area contributed by atoms with Gasteiger partial charge in [0.25, 0.3) is 0 Å². The number of nitrogens with zero attached hydrogens (tertiary/aromatic N) is 1. The Bertz CT molecular complexity index is 1250. The largest absolute Gasteiger partial charge is 0.461 e. The lowest BCUT2D eigenvalue weighted by molar-refractivity contribution is -0.320. The molecule has 13 atom stereocenters. The van der Waals surface area contributed by atoms with E-state index in [1.165, 1.54) is 0 Å². The fourth-order valence-electron chi connectivity index (χ4n) is 12.0. The lowest BCUT2D eigenvalue weighted by atomic mass is 9.42. The molecule has 10 heteroatoms. The molecule has 6 aliphatic rings. The number of carbonyl (C=O) groups excluding carboxylic acids is 1. The first-order valence-electron chi connectivity index (χ1n) is 15.5. The van der Waals surface area contributed by atoms with Crippen LogP contribution < -0.4 is 5.73 Å². The number of methoxy groups -OCH3 is 4. The zero-order valence-corrected chi connectivity index (χ0v) is 25.3. The topological polar surface area (TPSA) is 133 Å². The summed E-state index contributed by atoms with van der Waals surface area (Å²) in [6.07, 6.45) is 1.22. The Morgan fingerprint density at radius 3 is 2.50 bits per heavy atom. The van der Waals surface area contributed by atoms with Crippen LogP contribution >= 0.6 is 0 Å². The second-order valence-electron chi connectivity index (χ2n) is 13.8. The Kier molecular flexibility index (Phi) is 6.62. The number of hydrogen-bond donors (Lipinski definition) is 3. The van der Waals surface area contributed by atoms with Gasteiger partial charge in [0.1, 0.15) is 11.2 Å². The SMILES string of the molecule is CCN1C[C@@]2(COC(=O)c3ccccc3N)CC[C@H](OC)[C@@]34[C@@H]5C[C@@H]6[C@H](OC)[C@@H]5[C@@](O)(C[C@@H]6OC)[C@@](O)([C@@H](OC)[C@H]23)[C@@H]14. The molecule has 0 amide bonds. The minimum absolute atomic E-state index is 0.00697. The number of likely N-dealkylation sites (tertiary alicyclic amines) is 1. The van der Waals surface area contributed by atoms with Crippen molar-refractivity contribution in [2.24, 2.45) is 34.5 Å². The molecule has 1 spiro atoms. The van der Waals surface area contributed by atoms with Crippen molar-refractivity contribution in [2.45, 2.75) is 74.3 Å². The summed E-state index contributed by atoms with van der Waals surface area (Å²) < 4.78 is 31.1. The summed E-state index contributed by atoms with van der Waals surface area (Å²) in [4.78, 5) is 15.7. The predicted molar refractivity (Wildman–Crippen MR) is 153 cm³/mol. The van der Waals surface area contributed by atoms with Crippen LogP contribution in [0.5, 0.6) is 0 Å². The Labute approximate surface area is 247 Å². The van der Waals surface area contributed by atoms with Gasteiger partial charge in [-0.3, -0.25) is 4.90 Å². The smallest absolute Gasteiger partial charge is 0.340 e. The van der Waals surface area contributed by atoms with Crippen LogP contribution in [-0.2, 0) is 23.7 Å². The lowest BCUT2D eigenvalue weighted by Crippen LogP contribution is -2.82. The van der Waals surface area contributed by atoms with Crippen molar-refractivity contribution in [1.29, 1.82) is 0 Å². The highest BCUT2D eigenvalue weighted by Gasteiger charge is 2.91. The van der Waals surface area contributed by atoms with E-state index >= 15 is 0 Å². The number of likely N-dealkylation sites (N-methyl/N-ethyl adjacent to an activating group) is 1. The Morgan fingerprint density at radius 2 is 1.86 bits per heavy atom. The number of anilines is 1. The van der Waals surface area contributed by atoms with Gasteiger partial charge in [0.05, 0.1) is 42.6 Å². The zero-order valence-electron chi connectivity index (χ0n) is 25.3. The van der Waals surface area contributed by atoms with Crippen LogP contribution in [0.1, 0.15) is 43.0 Å². The molecule has 0 unspecified atom stereocenters. The number of piperidine rings is 1. The van der Waals surface area contributed by atoms with Gasteiger partial charge >= 0.3 is 5.97 Å². The number of esters is 1. The molecular formula is C32H46N2O8. The number of benzene rings is 1. The number of hydrogen-bond acceptors (Lipinski definition) is 10. The molecule has 1 aromatic carbocycles. The molecule has 1 heterocycles. The average Bonchev–Trinajstić information content (AvgIpc) is 3.41. The number of carbonyl (C=O) groups is 1. The molecule has 0 radical (unpaired) electrons. The Hall–Kier alpha value is -1.79. The van der Waals surface area contributed by atoms with E-state index in [1.54, 1.807) is 52.7 Å². The molecule has 4 N–H and O–H groups in total. The average molecular weight is 587 g/mol. The molecule has 7 rings (SSSR count). The van der Waals surface area contributed by atoms with Crippen LogP contribution in [0.2, 0.25) is 0 Å². The summed E-state index contributed by atoms with van der Waals surface area (Å²) in [6.45, 7) is 3.54. The van der Waals surface area contributed by atoms with Gasteiger partial charge in [-0.15, -0.1) is 0 Å². The number of rotatable bonds is 8. The number of para-hydroxylation sites is 1. The standard InChI is InChI=1S/C32H46N2O8/c1-6-34-15-29(16-42-27(35)17-9-7-8-10-20(17)33)12-11-22(39-3)31-19-13-18-21(38-2)14-30(36,23(19)24(18)40-4)32(37,28(31)34)26(41-5)25(29)31/h7-10,18-19,21-26,28,36-37H,6,11-16,33H2,1-5H3/t18-,19+,21-,22-,23+,24-,25+,26-,28-,29+,30-,31-,32+/m0/s1. The molecule has 1 saturated heterocycles. The Morgan fingerprint density at radius 1 is 1.10 bits per heavy atom. The molecule has 232 valence electrons. The minimum atomic E-state index is -1.62. The van der Waals surface area contributed by atoms with Gasteiger partial charge in [0.2, 0.25) is 0 Å². The van der Waals surface area contributed by atoms with Crippen molar-refractivity contribution in [3.8, 4) is 0 Å². The first-order valence-corrected chi connectivity index (χ1v) is 15.5. The van der Waals surface area contributed by atoms with E-state index in [4.69, 9.17) is 29.4 Å². The number of nitrogens with two attached hydrogens (primary N) is 1. The molecule has 7 bridgehead atoms. The van der Waals surface area contributed by atoms with Crippen molar-refractivity contribution in [3.63, 3.8) is 0 Å². The van der Waals surface area contributed by atoms with E-state index in [9.17, 15) is 15.0 Å². The minimum Gasteiger partial charge on any atom is -0.461 e. The van der Waals surface area contributed by atoms with E-state index < -0.39 is 40.1 Å². The monoisotopic (exact) mass is 586 g/mol. The van der Waals surface area contributed by atoms with Crippen LogP contribution in [-0.4, -0.2) is 111 Å². The molecule has 6 fully saturated rings. The van der Waals surface area contributed by atoms with Crippen LogP contribution in [0.3, 0.4) is 0 Å². The lowest BCUT2D eigenvalue weighted by Gasteiger charge is -2.70. The summed E-state index contributed by atoms with van der Waals surface area (Å²) >= 11 is 0. The zero-order chi connectivity index (χ0) is 29.8. The fourth-order valence-corrected chi connectivity index (χ4v) is 12.0. The van der Waals surface area contributed by atoms with Gasteiger partial charge < -0.3 is 39.6 Å². The number of aliphatic hydroxyl groups is 2. The van der Waals surface area contributed by atoms with Crippen LogP contribution in [0, 0.1) is 34.5 Å². The van der Waals surface area contributed by atoms with Crippen molar-refractivity contribution in [3.05, 3.63) is 29.8 Å². The quantitative estimate of drug-likeness (QED) is 0.306. The summed E-state index contributed by atoms with van der Waals surface area (Å²) in [5.74, 6) is -0.892. The molecular weight excluding hydrogens is 540 g/mol. The Balaban J connectivity index is 1.41. The molecule has 5 aliphatic carbocycles. The summed E-state index contributed by atoms with van der Waals surface area (Å²) in [6, 6.07) is 6.55. The molecule has 5 saturated carbocycles. The first-order chi connectivity index (χ1) is 20.1. The molecule has 0 aromatic heterocycles. The van der Waals surface area contributed by atoms with E-state index in [0.29, 0.717) is 30.8 Å². The number of fused-ring (bicyclic) bond motifs is 2. The van der Waals surface area contributed by atoms with Crippen LogP contribution in [0.25, 0.3) is 0 Å². The third-order valence-corrected chi connectivity index (χ3v) is 13.0. The number of nitrogen functional groups attached to an aromatic ring is 1. The van der Waals surface area contributed by atoms with Gasteiger partial charge in [-0.1, -0.05) is 19.1 Å². The van der Waals surface area contributed by atoms with E-state index in [1.807, 2.05) is 0 Å². The first kappa shape index (κ1) is 29.0. The van der Waals surface area contributed by atoms with Crippen molar-refractivity contribution < 1.29 is 38.7 Å². The second-order valence-corrected chi connectivity index (χ2v) is 13.8. The molecule has 10 nitrogen and oxygen atoms in total. The normalized spacial score (nSPS) is 50.1. The van der Waals surface area contributed by atoms with Crippen molar-refractivity contribution in [1.82, 2.24) is 4.90 Å². The summed E-state index contributed by atoms with van der Waals surface area (Å²) in [5, 5.41) is 26.3.